The van der Waals surface area contributed by atoms with Crippen molar-refractivity contribution in [1.82, 2.24) is 24.4 Å². The molecule has 6 rings (SSSR count). The fraction of sp³-hybridized carbons (Fsp3) is 0.270. The number of pyridine rings is 2. The molecule has 1 amide bonds. The molecule has 0 aliphatic carbocycles. The zero-order valence-electron chi connectivity index (χ0n) is 26.8. The van der Waals surface area contributed by atoms with Crippen LogP contribution >= 0.6 is 0 Å². The Morgan fingerprint density at radius 2 is 1.42 bits per heavy atom. The van der Waals surface area contributed by atoms with Crippen LogP contribution in [-0.2, 0) is 0 Å². The van der Waals surface area contributed by atoms with E-state index in [9.17, 15) is 4.79 Å². The number of aromatic amines is 1. The van der Waals surface area contributed by atoms with Crippen molar-refractivity contribution >= 4 is 17.1 Å². The van der Waals surface area contributed by atoms with Gasteiger partial charge in [0.15, 0.2) is 0 Å². The SMILES string of the molecule is CCOc1ccc(-c2cc3cccn(C(=O)N(C(C)C)C(C)C)c-3n2)cc1.CCOc1ccc(-c2cc3cccnc3[nH]2)cc1. The molecule has 2 aromatic carbocycles. The van der Waals surface area contributed by atoms with Gasteiger partial charge in [-0.25, -0.2) is 14.8 Å². The van der Waals surface area contributed by atoms with E-state index in [2.05, 4.69) is 34.2 Å². The zero-order chi connectivity index (χ0) is 31.9. The molecule has 0 unspecified atom stereocenters. The Bertz CT molecular complexity index is 1760. The molecule has 0 saturated carbocycles. The van der Waals surface area contributed by atoms with Crippen LogP contribution in [0, 0.1) is 0 Å². The van der Waals surface area contributed by atoms with E-state index >= 15 is 0 Å². The average Bonchev–Trinajstić information content (AvgIpc) is 3.67. The number of carbonyl (C=O) groups is 1. The lowest BCUT2D eigenvalue weighted by molar-refractivity contribution is 0.166. The molecule has 8 heteroatoms. The van der Waals surface area contributed by atoms with Crippen molar-refractivity contribution in [1.29, 1.82) is 0 Å². The highest BCUT2D eigenvalue weighted by Gasteiger charge is 2.25. The van der Waals surface area contributed by atoms with E-state index in [-0.39, 0.29) is 18.1 Å². The van der Waals surface area contributed by atoms with Crippen LogP contribution in [0.15, 0.2) is 97.3 Å². The summed E-state index contributed by atoms with van der Waals surface area (Å²) in [6.07, 6.45) is 3.58. The summed E-state index contributed by atoms with van der Waals surface area (Å²) in [6, 6.07) is 28.1. The fourth-order valence-corrected chi connectivity index (χ4v) is 5.41. The van der Waals surface area contributed by atoms with Gasteiger partial charge in [0.05, 0.1) is 18.9 Å². The van der Waals surface area contributed by atoms with Gasteiger partial charge in [0, 0.05) is 46.7 Å². The minimum atomic E-state index is -0.0538. The molecular weight excluding hydrogens is 562 g/mol. The maximum Gasteiger partial charge on any atom is 0.330 e. The van der Waals surface area contributed by atoms with Crippen LogP contribution in [-0.4, -0.2) is 55.7 Å². The number of nitrogens with one attached hydrogen (secondary N) is 1. The second-order valence-corrected chi connectivity index (χ2v) is 11.2. The number of amides is 1. The van der Waals surface area contributed by atoms with Gasteiger partial charge in [-0.15, -0.1) is 0 Å². The lowest BCUT2D eigenvalue weighted by Gasteiger charge is -2.31. The van der Waals surface area contributed by atoms with Gasteiger partial charge in [-0.3, -0.25) is 4.57 Å². The number of rotatable bonds is 8. The highest BCUT2D eigenvalue weighted by atomic mass is 16.5. The molecule has 0 spiro atoms. The lowest BCUT2D eigenvalue weighted by Crippen LogP contribution is -2.44. The average molecular weight is 604 g/mol. The molecular formula is C37H41N5O3. The summed E-state index contributed by atoms with van der Waals surface area (Å²) >= 11 is 0. The quantitative estimate of drug-likeness (QED) is 0.188. The molecule has 2 aliphatic rings. The second kappa shape index (κ2) is 14.1. The summed E-state index contributed by atoms with van der Waals surface area (Å²) in [5, 5.41) is 1.13. The standard InChI is InChI=1S/C22H27N3O2.C15H14N2O/c1-6-27-19-11-9-17(10-12-19)20-14-18-8-7-13-24(21(18)23-20)22(26)25(15(2)3)16(4)5;1-2-18-13-7-5-11(6-8-13)14-10-12-4-3-9-16-15(12)17-14/h7-16H,6H2,1-5H3;3-10H,2H2,1H3,(H,16,17). The molecule has 0 atom stereocenters. The molecule has 0 fully saturated rings. The molecule has 4 aromatic rings. The molecule has 8 nitrogen and oxygen atoms in total. The van der Waals surface area contributed by atoms with Gasteiger partial charge in [0.2, 0.25) is 0 Å². The number of hydrogen-bond donors (Lipinski definition) is 1. The van der Waals surface area contributed by atoms with Gasteiger partial charge in [0.25, 0.3) is 0 Å². The topological polar surface area (TPSA) is 85.3 Å². The van der Waals surface area contributed by atoms with Crippen molar-refractivity contribution < 1.29 is 14.3 Å². The molecule has 2 aromatic heterocycles. The maximum absolute atomic E-state index is 13.1. The van der Waals surface area contributed by atoms with Crippen LogP contribution in [0.1, 0.15) is 41.5 Å². The van der Waals surface area contributed by atoms with Crippen molar-refractivity contribution in [2.24, 2.45) is 0 Å². The van der Waals surface area contributed by atoms with E-state index in [1.165, 1.54) is 0 Å². The number of aromatic nitrogens is 4. The fourth-order valence-electron chi connectivity index (χ4n) is 5.41. The molecule has 2 aliphatic heterocycles. The second-order valence-electron chi connectivity index (χ2n) is 11.2. The summed E-state index contributed by atoms with van der Waals surface area (Å²) in [5.74, 6) is 2.42. The molecule has 45 heavy (non-hydrogen) atoms. The van der Waals surface area contributed by atoms with Gasteiger partial charge >= 0.3 is 6.03 Å². The minimum Gasteiger partial charge on any atom is -0.494 e. The van der Waals surface area contributed by atoms with E-state index in [1.54, 1.807) is 17.0 Å². The van der Waals surface area contributed by atoms with Crippen molar-refractivity contribution in [2.75, 3.05) is 13.2 Å². The predicted molar refractivity (Wildman–Crippen MR) is 181 cm³/mol. The van der Waals surface area contributed by atoms with E-state index in [4.69, 9.17) is 14.5 Å². The van der Waals surface area contributed by atoms with Gasteiger partial charge in [0.1, 0.15) is 23.0 Å². The van der Waals surface area contributed by atoms with Crippen LogP contribution in [0.4, 0.5) is 4.79 Å². The monoisotopic (exact) mass is 603 g/mol. The number of hydrogen-bond acceptors (Lipinski definition) is 5. The Hall–Kier alpha value is -5.11. The van der Waals surface area contributed by atoms with Gasteiger partial charge < -0.3 is 19.4 Å². The smallest absolute Gasteiger partial charge is 0.330 e. The van der Waals surface area contributed by atoms with Crippen molar-refractivity contribution in [2.45, 2.75) is 53.6 Å². The Kier molecular flexibility index (Phi) is 9.82. The first-order valence-corrected chi connectivity index (χ1v) is 15.5. The van der Waals surface area contributed by atoms with Crippen LogP contribution in [0.3, 0.4) is 0 Å². The van der Waals surface area contributed by atoms with Crippen LogP contribution in [0.2, 0.25) is 0 Å². The Morgan fingerprint density at radius 3 is 2.00 bits per heavy atom. The predicted octanol–water partition coefficient (Wildman–Crippen LogP) is 8.77. The van der Waals surface area contributed by atoms with Crippen LogP contribution < -0.4 is 9.47 Å². The van der Waals surface area contributed by atoms with Crippen molar-refractivity contribution in [3.63, 3.8) is 0 Å². The molecule has 0 bridgehead atoms. The summed E-state index contributed by atoms with van der Waals surface area (Å²) in [4.78, 5) is 27.4. The first kappa shape index (κ1) is 31.3. The number of H-pyrrole nitrogens is 1. The van der Waals surface area contributed by atoms with E-state index in [0.717, 1.165) is 50.6 Å². The normalized spacial score (nSPS) is 11.1. The van der Waals surface area contributed by atoms with Crippen molar-refractivity contribution in [3.05, 3.63) is 97.3 Å². The summed E-state index contributed by atoms with van der Waals surface area (Å²) in [7, 11) is 0. The number of benzene rings is 2. The third kappa shape index (κ3) is 7.17. The number of carbonyl (C=O) groups excluding carboxylic acids is 1. The highest BCUT2D eigenvalue weighted by molar-refractivity contribution is 5.84. The summed E-state index contributed by atoms with van der Waals surface area (Å²) in [5.41, 5.74) is 5.92. The largest absolute Gasteiger partial charge is 0.494 e. The maximum atomic E-state index is 13.1. The van der Waals surface area contributed by atoms with E-state index in [1.807, 2.05) is 107 Å². The number of fused-ring (bicyclic) bond motifs is 2. The van der Waals surface area contributed by atoms with Gasteiger partial charge in [-0.2, -0.15) is 0 Å². The van der Waals surface area contributed by atoms with Gasteiger partial charge in [-0.05, 0) is 132 Å². The lowest BCUT2D eigenvalue weighted by atomic mass is 10.1. The van der Waals surface area contributed by atoms with Crippen LogP contribution in [0.25, 0.3) is 44.9 Å². The first-order valence-electron chi connectivity index (χ1n) is 15.5. The Balaban J connectivity index is 0.000000192. The summed E-state index contributed by atoms with van der Waals surface area (Å²) < 4.78 is 12.6. The third-order valence-electron chi connectivity index (χ3n) is 7.38. The molecule has 0 saturated heterocycles. The zero-order valence-corrected chi connectivity index (χ0v) is 26.8. The summed E-state index contributed by atoms with van der Waals surface area (Å²) in [6.45, 7) is 13.4. The number of ether oxygens (including phenoxy) is 2. The first-order chi connectivity index (χ1) is 21.8. The van der Waals surface area contributed by atoms with Gasteiger partial charge in [-0.1, -0.05) is 0 Å². The molecule has 232 valence electrons. The van der Waals surface area contributed by atoms with Crippen molar-refractivity contribution in [3.8, 4) is 45.4 Å². The molecule has 0 radical (unpaired) electrons. The van der Waals surface area contributed by atoms with E-state index in [0.29, 0.717) is 19.0 Å². The third-order valence-corrected chi connectivity index (χ3v) is 7.38. The van der Waals surface area contributed by atoms with E-state index < -0.39 is 0 Å². The number of nitrogens with zero attached hydrogens (tertiary/aromatic N) is 4. The van der Waals surface area contributed by atoms with Crippen LogP contribution in [0.5, 0.6) is 11.5 Å². The molecule has 4 heterocycles. The highest BCUT2D eigenvalue weighted by Crippen LogP contribution is 2.30. The Morgan fingerprint density at radius 1 is 0.800 bits per heavy atom. The minimum absolute atomic E-state index is 0.0538. The molecule has 1 N–H and O–H groups in total. The Labute approximate surface area is 265 Å².